The first-order chi connectivity index (χ1) is 20.3. The summed E-state index contributed by atoms with van der Waals surface area (Å²) in [6.07, 6.45) is 0. The van der Waals surface area contributed by atoms with Crippen LogP contribution in [0.2, 0.25) is 0 Å². The second-order valence-corrected chi connectivity index (χ2v) is 10.5. The third-order valence-corrected chi connectivity index (χ3v) is 8.04. The summed E-state index contributed by atoms with van der Waals surface area (Å²) in [6, 6.07) is 53.7. The molecule has 0 spiro atoms. The largest absolute Gasteiger partial charge is 0.370 e. The Hall–Kier alpha value is -5.41. The molecule has 2 heterocycles. The van der Waals surface area contributed by atoms with Crippen molar-refractivity contribution in [3.63, 3.8) is 0 Å². The number of para-hydroxylation sites is 2. The van der Waals surface area contributed by atoms with Crippen LogP contribution in [-0.2, 0) is 0 Å². The summed E-state index contributed by atoms with van der Waals surface area (Å²) in [5, 5.41) is 3.83. The Morgan fingerprint density at radius 1 is 0.512 bits per heavy atom. The molecule has 6 aromatic rings. The van der Waals surface area contributed by atoms with E-state index in [0.717, 1.165) is 22.9 Å². The maximum atomic E-state index is 5.21. The van der Waals surface area contributed by atoms with Crippen LogP contribution in [0.1, 0.15) is 11.6 Å². The predicted molar refractivity (Wildman–Crippen MR) is 171 cm³/mol. The number of benzene rings is 6. The van der Waals surface area contributed by atoms with Crippen molar-refractivity contribution < 1.29 is 0 Å². The van der Waals surface area contributed by atoms with Crippen molar-refractivity contribution in [2.24, 2.45) is 4.99 Å². The Labute approximate surface area is 240 Å². The molecule has 2 aliphatic rings. The lowest BCUT2D eigenvalue weighted by atomic mass is 9.92. The van der Waals surface area contributed by atoms with Crippen LogP contribution in [0.5, 0.6) is 0 Å². The summed E-state index contributed by atoms with van der Waals surface area (Å²) in [5.41, 5.74) is 12.8. The average molecular weight is 526 g/mol. The van der Waals surface area contributed by atoms with Gasteiger partial charge in [0.2, 0.25) is 0 Å². The summed E-state index contributed by atoms with van der Waals surface area (Å²) in [6.45, 7) is 0. The summed E-state index contributed by atoms with van der Waals surface area (Å²) >= 11 is 0. The van der Waals surface area contributed by atoms with E-state index in [9.17, 15) is 0 Å². The molecule has 0 bridgehead atoms. The highest BCUT2D eigenvalue weighted by molar-refractivity contribution is 6.16. The maximum Gasteiger partial charge on any atom is 0.141 e. The monoisotopic (exact) mass is 525 g/mol. The molecule has 0 radical (unpaired) electrons. The standard InChI is InChI=1S/C38H27N3/c1-3-12-26(13-4-1)31-18-7-8-19-32(31)29-15-11-14-27(24-29)28-22-23-34-35(25-28)39-37-33-20-9-10-21-36(33)41(38(37)40-34)30-16-5-2-6-17-30/h1-25,37,39H. The van der Waals surface area contributed by atoms with Gasteiger partial charge in [-0.25, -0.2) is 4.99 Å². The Kier molecular flexibility index (Phi) is 5.53. The summed E-state index contributed by atoms with van der Waals surface area (Å²) in [5.74, 6) is 1.01. The number of hydrogen-bond donors (Lipinski definition) is 1. The van der Waals surface area contributed by atoms with Crippen LogP contribution >= 0.6 is 0 Å². The molecule has 0 fully saturated rings. The fourth-order valence-corrected chi connectivity index (χ4v) is 6.11. The van der Waals surface area contributed by atoms with Crippen LogP contribution in [0.15, 0.2) is 157 Å². The molecule has 2 aliphatic heterocycles. The minimum atomic E-state index is -0.00163. The van der Waals surface area contributed by atoms with Crippen LogP contribution in [0.25, 0.3) is 33.4 Å². The third-order valence-electron chi connectivity index (χ3n) is 8.04. The molecule has 41 heavy (non-hydrogen) atoms. The van der Waals surface area contributed by atoms with Crippen molar-refractivity contribution in [1.82, 2.24) is 0 Å². The number of hydrogen-bond acceptors (Lipinski definition) is 3. The van der Waals surface area contributed by atoms with Crippen LogP contribution in [0.4, 0.5) is 22.7 Å². The average Bonchev–Trinajstić information content (AvgIpc) is 3.37. The molecule has 194 valence electrons. The molecule has 3 heteroatoms. The van der Waals surface area contributed by atoms with E-state index in [0.29, 0.717) is 0 Å². The smallest absolute Gasteiger partial charge is 0.141 e. The van der Waals surface area contributed by atoms with E-state index in [-0.39, 0.29) is 6.04 Å². The van der Waals surface area contributed by atoms with E-state index >= 15 is 0 Å². The molecule has 1 N–H and O–H groups in total. The van der Waals surface area contributed by atoms with Crippen LogP contribution in [0, 0.1) is 0 Å². The van der Waals surface area contributed by atoms with Crippen molar-refractivity contribution in [1.29, 1.82) is 0 Å². The Balaban J connectivity index is 1.18. The Morgan fingerprint density at radius 3 is 1.98 bits per heavy atom. The number of nitrogens with zero attached hydrogens (tertiary/aromatic N) is 2. The van der Waals surface area contributed by atoms with Crippen LogP contribution in [-0.4, -0.2) is 5.84 Å². The van der Waals surface area contributed by atoms with Crippen LogP contribution in [0.3, 0.4) is 0 Å². The van der Waals surface area contributed by atoms with Gasteiger partial charge in [0.1, 0.15) is 11.9 Å². The lowest BCUT2D eigenvalue weighted by Crippen LogP contribution is -2.29. The van der Waals surface area contributed by atoms with E-state index in [2.05, 4.69) is 162 Å². The number of fused-ring (bicyclic) bond motifs is 4. The summed E-state index contributed by atoms with van der Waals surface area (Å²) in [7, 11) is 0. The lowest BCUT2D eigenvalue weighted by Gasteiger charge is -2.27. The van der Waals surface area contributed by atoms with E-state index < -0.39 is 0 Å². The van der Waals surface area contributed by atoms with Gasteiger partial charge >= 0.3 is 0 Å². The molecule has 6 aromatic carbocycles. The fourth-order valence-electron chi connectivity index (χ4n) is 6.11. The normalized spacial score (nSPS) is 14.9. The molecule has 0 saturated carbocycles. The van der Waals surface area contributed by atoms with Crippen molar-refractivity contribution in [2.75, 3.05) is 10.2 Å². The molecule has 3 nitrogen and oxygen atoms in total. The third kappa shape index (κ3) is 4.02. The molecule has 8 rings (SSSR count). The lowest BCUT2D eigenvalue weighted by molar-refractivity contribution is 1.04. The highest BCUT2D eigenvalue weighted by Gasteiger charge is 2.38. The molecule has 1 atom stereocenters. The first kappa shape index (κ1) is 23.5. The molecular weight excluding hydrogens is 498 g/mol. The number of aliphatic imine (C=N–C) groups is 1. The molecule has 0 aliphatic carbocycles. The van der Waals surface area contributed by atoms with Gasteiger partial charge in [-0.05, 0) is 69.8 Å². The molecule has 0 aromatic heterocycles. The minimum Gasteiger partial charge on any atom is -0.370 e. The van der Waals surface area contributed by atoms with Gasteiger partial charge in [0, 0.05) is 11.3 Å². The second kappa shape index (κ2) is 9.65. The maximum absolute atomic E-state index is 5.21. The zero-order valence-electron chi connectivity index (χ0n) is 22.4. The zero-order chi connectivity index (χ0) is 27.2. The van der Waals surface area contributed by atoms with E-state index in [1.54, 1.807) is 0 Å². The van der Waals surface area contributed by atoms with Gasteiger partial charge in [0.25, 0.3) is 0 Å². The number of amidine groups is 1. The van der Waals surface area contributed by atoms with Crippen molar-refractivity contribution in [2.45, 2.75) is 6.04 Å². The second-order valence-electron chi connectivity index (χ2n) is 10.5. The highest BCUT2D eigenvalue weighted by Crippen LogP contribution is 2.48. The Bertz CT molecular complexity index is 1930. The molecule has 1 unspecified atom stereocenters. The highest BCUT2D eigenvalue weighted by atomic mass is 15.3. The van der Waals surface area contributed by atoms with E-state index in [1.807, 2.05) is 0 Å². The van der Waals surface area contributed by atoms with Gasteiger partial charge in [0.05, 0.1) is 17.1 Å². The number of rotatable bonds is 4. The molecular formula is C38H27N3. The van der Waals surface area contributed by atoms with Gasteiger partial charge in [-0.15, -0.1) is 0 Å². The first-order valence-electron chi connectivity index (χ1n) is 14.0. The quantitative estimate of drug-likeness (QED) is 0.248. The minimum absolute atomic E-state index is 0.00163. The van der Waals surface area contributed by atoms with E-state index in [1.165, 1.54) is 44.6 Å². The SMILES string of the molecule is c1ccc(-c2ccccc2-c2cccc(-c3ccc4c(c3)NC3C(=N4)N(c4ccccc4)c4ccccc43)c2)cc1. The zero-order valence-corrected chi connectivity index (χ0v) is 22.4. The molecule has 0 amide bonds. The van der Waals surface area contributed by atoms with Gasteiger partial charge in [0.15, 0.2) is 0 Å². The van der Waals surface area contributed by atoms with Crippen molar-refractivity contribution in [3.8, 4) is 33.4 Å². The van der Waals surface area contributed by atoms with Crippen molar-refractivity contribution in [3.05, 3.63) is 157 Å². The van der Waals surface area contributed by atoms with Gasteiger partial charge in [-0.3, -0.25) is 4.90 Å². The van der Waals surface area contributed by atoms with Gasteiger partial charge < -0.3 is 5.32 Å². The van der Waals surface area contributed by atoms with Gasteiger partial charge in [-0.2, -0.15) is 0 Å². The number of nitrogens with one attached hydrogen (secondary N) is 1. The number of anilines is 3. The Morgan fingerprint density at radius 2 is 1.15 bits per heavy atom. The molecule has 0 saturated heterocycles. The summed E-state index contributed by atoms with van der Waals surface area (Å²) < 4.78 is 0. The predicted octanol–water partition coefficient (Wildman–Crippen LogP) is 10.0. The topological polar surface area (TPSA) is 27.6 Å². The fraction of sp³-hybridized carbons (Fsp3) is 0.0263. The summed E-state index contributed by atoms with van der Waals surface area (Å²) in [4.78, 5) is 7.48. The van der Waals surface area contributed by atoms with E-state index in [4.69, 9.17) is 4.99 Å². The first-order valence-corrected chi connectivity index (χ1v) is 14.0. The van der Waals surface area contributed by atoms with Crippen molar-refractivity contribution >= 4 is 28.6 Å². The van der Waals surface area contributed by atoms with Gasteiger partial charge in [-0.1, -0.05) is 115 Å². The van der Waals surface area contributed by atoms with Crippen LogP contribution < -0.4 is 10.2 Å².